The van der Waals surface area contributed by atoms with Crippen LogP contribution >= 0.6 is 24.2 Å². The first-order chi connectivity index (χ1) is 13.7. The molecule has 3 rings (SSSR count). The Morgan fingerprint density at radius 2 is 1.86 bits per heavy atom. The lowest BCUT2D eigenvalue weighted by Gasteiger charge is -2.13. The first kappa shape index (κ1) is 22.9. The maximum absolute atomic E-state index is 13.0. The van der Waals surface area contributed by atoms with E-state index in [0.29, 0.717) is 24.7 Å². The van der Waals surface area contributed by atoms with Crippen molar-refractivity contribution in [1.82, 2.24) is 25.5 Å². The van der Waals surface area contributed by atoms with Gasteiger partial charge in [-0.1, -0.05) is 30.0 Å². The van der Waals surface area contributed by atoms with Crippen LogP contribution in [-0.4, -0.2) is 39.6 Å². The molecule has 0 unspecified atom stereocenters. The zero-order valence-corrected chi connectivity index (χ0v) is 17.8. The lowest BCUT2D eigenvalue weighted by atomic mass is 10.2. The van der Waals surface area contributed by atoms with Crippen molar-refractivity contribution in [2.75, 3.05) is 19.4 Å². The van der Waals surface area contributed by atoms with E-state index in [0.717, 1.165) is 28.6 Å². The smallest absolute Gasteiger partial charge is 0.209 e. The molecule has 3 aromatic rings. The number of aromatic nitrogens is 4. The summed E-state index contributed by atoms with van der Waals surface area (Å²) in [6.07, 6.45) is 0. The Bertz CT molecular complexity index is 895. The van der Waals surface area contributed by atoms with Crippen LogP contribution in [0.4, 0.5) is 4.39 Å². The van der Waals surface area contributed by atoms with E-state index in [1.54, 1.807) is 35.7 Å². The van der Waals surface area contributed by atoms with Crippen LogP contribution in [-0.2, 0) is 20.2 Å². The molecule has 0 aliphatic carbocycles. The summed E-state index contributed by atoms with van der Waals surface area (Å²) in [6.45, 7) is 1.89. The minimum Gasteiger partial charge on any atom is -0.493 e. The summed E-state index contributed by atoms with van der Waals surface area (Å²) >= 11 is 1.60. The van der Waals surface area contributed by atoms with Gasteiger partial charge in [-0.3, -0.25) is 0 Å². The summed E-state index contributed by atoms with van der Waals surface area (Å²) in [4.78, 5) is 0. The maximum Gasteiger partial charge on any atom is 0.209 e. The third kappa shape index (κ3) is 6.88. The molecule has 156 valence electrons. The molecule has 0 amide bonds. The van der Waals surface area contributed by atoms with Gasteiger partial charge in [0.2, 0.25) is 5.16 Å². The third-order valence-electron chi connectivity index (χ3n) is 3.96. The number of thioether (sulfide) groups is 1. The predicted octanol–water partition coefficient (Wildman–Crippen LogP) is 3.24. The highest BCUT2D eigenvalue weighted by Crippen LogP contribution is 2.29. The Morgan fingerprint density at radius 3 is 2.55 bits per heavy atom. The molecule has 0 saturated heterocycles. The molecule has 1 heterocycles. The highest BCUT2D eigenvalue weighted by molar-refractivity contribution is 7.99. The van der Waals surface area contributed by atoms with Gasteiger partial charge >= 0.3 is 0 Å². The average Bonchev–Trinajstić information content (AvgIpc) is 3.12. The van der Waals surface area contributed by atoms with Gasteiger partial charge < -0.3 is 14.8 Å². The second-order valence-corrected chi connectivity index (χ2v) is 7.07. The minimum atomic E-state index is -0.259. The zero-order chi connectivity index (χ0) is 19.8. The predicted molar refractivity (Wildman–Crippen MR) is 112 cm³/mol. The van der Waals surface area contributed by atoms with Gasteiger partial charge in [-0.05, 0) is 45.8 Å². The van der Waals surface area contributed by atoms with Crippen LogP contribution < -0.4 is 14.8 Å². The Balaban J connectivity index is 0.00000300. The van der Waals surface area contributed by atoms with Crippen molar-refractivity contribution in [3.63, 3.8) is 0 Å². The van der Waals surface area contributed by atoms with Crippen molar-refractivity contribution in [1.29, 1.82) is 0 Å². The molecule has 2 aromatic carbocycles. The fourth-order valence-electron chi connectivity index (χ4n) is 2.47. The summed E-state index contributed by atoms with van der Waals surface area (Å²) in [5.74, 6) is 1.93. The van der Waals surface area contributed by atoms with E-state index in [4.69, 9.17) is 9.47 Å². The van der Waals surface area contributed by atoms with E-state index in [-0.39, 0.29) is 18.2 Å². The van der Waals surface area contributed by atoms with Crippen molar-refractivity contribution in [2.45, 2.75) is 18.3 Å². The van der Waals surface area contributed by atoms with Gasteiger partial charge in [-0.2, -0.15) is 0 Å². The molecule has 0 bridgehead atoms. The molecule has 10 heteroatoms. The summed E-state index contributed by atoms with van der Waals surface area (Å²) in [7, 11) is 3.44. The number of tetrazole rings is 1. The van der Waals surface area contributed by atoms with E-state index >= 15 is 0 Å². The third-order valence-corrected chi connectivity index (χ3v) is 4.97. The summed E-state index contributed by atoms with van der Waals surface area (Å²) in [6, 6.07) is 12.1. The van der Waals surface area contributed by atoms with Crippen molar-refractivity contribution >= 4 is 24.2 Å². The maximum atomic E-state index is 13.0. The molecule has 0 radical (unpaired) electrons. The quantitative estimate of drug-likeness (QED) is 0.384. The standard InChI is InChI=1S/C19H22FN5O2S.ClH/c1-25-19(22-23-24-25)28-10-9-21-12-15-5-8-17(18(11-15)26-2)27-13-14-3-6-16(20)7-4-14;/h3-8,11,21H,9-10,12-13H2,1-2H3;1H. The number of ether oxygens (including phenoxy) is 2. The first-order valence-corrected chi connectivity index (χ1v) is 9.74. The number of halogens is 2. The molecular formula is C19H23ClFN5O2S. The Kier molecular flexibility index (Phi) is 9.17. The van der Waals surface area contributed by atoms with Gasteiger partial charge in [-0.15, -0.1) is 17.5 Å². The second kappa shape index (κ2) is 11.6. The SMILES string of the molecule is COc1cc(CNCCSc2nnnn2C)ccc1OCc1ccc(F)cc1.Cl. The van der Waals surface area contributed by atoms with Crippen molar-refractivity contribution in [3.8, 4) is 11.5 Å². The monoisotopic (exact) mass is 439 g/mol. The molecule has 7 nitrogen and oxygen atoms in total. The average molecular weight is 440 g/mol. The van der Waals surface area contributed by atoms with Crippen LogP contribution in [0.1, 0.15) is 11.1 Å². The fourth-order valence-corrected chi connectivity index (χ4v) is 3.22. The molecule has 1 aromatic heterocycles. The van der Waals surface area contributed by atoms with Gasteiger partial charge in [0.25, 0.3) is 0 Å². The number of rotatable bonds is 10. The normalized spacial score (nSPS) is 10.4. The molecule has 0 aliphatic heterocycles. The number of benzene rings is 2. The number of methoxy groups -OCH3 is 1. The van der Waals surface area contributed by atoms with Crippen molar-refractivity contribution < 1.29 is 13.9 Å². The molecule has 0 saturated carbocycles. The Labute approximate surface area is 179 Å². The van der Waals surface area contributed by atoms with Gasteiger partial charge in [-0.25, -0.2) is 9.07 Å². The van der Waals surface area contributed by atoms with E-state index in [1.165, 1.54) is 12.1 Å². The molecule has 0 fully saturated rings. The van der Waals surface area contributed by atoms with E-state index < -0.39 is 0 Å². The van der Waals surface area contributed by atoms with Gasteiger partial charge in [0.15, 0.2) is 11.5 Å². The summed E-state index contributed by atoms with van der Waals surface area (Å²) in [5, 5.41) is 15.5. The summed E-state index contributed by atoms with van der Waals surface area (Å²) < 4.78 is 25.9. The largest absolute Gasteiger partial charge is 0.493 e. The number of nitrogens with one attached hydrogen (secondary N) is 1. The van der Waals surface area contributed by atoms with Crippen LogP contribution in [0, 0.1) is 5.82 Å². The molecule has 0 atom stereocenters. The number of aryl methyl sites for hydroxylation is 1. The fraction of sp³-hybridized carbons (Fsp3) is 0.316. The van der Waals surface area contributed by atoms with Crippen LogP contribution in [0.5, 0.6) is 11.5 Å². The van der Waals surface area contributed by atoms with E-state index in [1.807, 2.05) is 25.2 Å². The number of hydrogen-bond donors (Lipinski definition) is 1. The van der Waals surface area contributed by atoms with Crippen LogP contribution in [0.25, 0.3) is 0 Å². The van der Waals surface area contributed by atoms with Crippen molar-refractivity contribution in [3.05, 3.63) is 59.4 Å². The number of nitrogens with zero attached hydrogens (tertiary/aromatic N) is 4. The topological polar surface area (TPSA) is 74.1 Å². The van der Waals surface area contributed by atoms with Crippen LogP contribution in [0.2, 0.25) is 0 Å². The number of hydrogen-bond acceptors (Lipinski definition) is 7. The lowest BCUT2D eigenvalue weighted by molar-refractivity contribution is 0.284. The molecule has 1 N–H and O–H groups in total. The van der Waals surface area contributed by atoms with E-state index in [9.17, 15) is 4.39 Å². The van der Waals surface area contributed by atoms with E-state index in [2.05, 4.69) is 20.8 Å². The highest BCUT2D eigenvalue weighted by Gasteiger charge is 2.07. The first-order valence-electron chi connectivity index (χ1n) is 8.75. The lowest BCUT2D eigenvalue weighted by Crippen LogP contribution is -2.16. The molecule has 0 spiro atoms. The molecular weight excluding hydrogens is 417 g/mol. The second-order valence-electron chi connectivity index (χ2n) is 6.01. The van der Waals surface area contributed by atoms with Crippen LogP contribution in [0.15, 0.2) is 47.6 Å². The van der Waals surface area contributed by atoms with Gasteiger partial charge in [0.05, 0.1) is 7.11 Å². The Morgan fingerprint density at radius 1 is 1.10 bits per heavy atom. The molecule has 0 aliphatic rings. The Hall–Kier alpha value is -2.36. The van der Waals surface area contributed by atoms with Crippen LogP contribution in [0.3, 0.4) is 0 Å². The minimum absolute atomic E-state index is 0. The zero-order valence-electron chi connectivity index (χ0n) is 16.2. The summed E-state index contributed by atoms with van der Waals surface area (Å²) in [5.41, 5.74) is 1.99. The molecule has 29 heavy (non-hydrogen) atoms. The van der Waals surface area contributed by atoms with Gasteiger partial charge in [0, 0.05) is 25.9 Å². The van der Waals surface area contributed by atoms with Gasteiger partial charge in [0.1, 0.15) is 12.4 Å². The highest BCUT2D eigenvalue weighted by atomic mass is 35.5. The van der Waals surface area contributed by atoms with Crippen molar-refractivity contribution in [2.24, 2.45) is 7.05 Å².